The standard InChI is InChI=1S/C15H20N4/c1-10(11-8-17-19(2)9-11)18-15-7-14(16)12-5-3-4-6-13(12)15/h3-6,8-10,14-15,18H,7,16H2,1-2H3. The third-order valence-corrected chi connectivity index (χ3v) is 3.94. The molecule has 1 aliphatic carbocycles. The van der Waals surface area contributed by atoms with E-state index in [1.807, 2.05) is 17.9 Å². The SMILES string of the molecule is CC(NC1CC(N)c2ccccc21)c1cnn(C)c1. The molecule has 3 unspecified atom stereocenters. The topological polar surface area (TPSA) is 55.9 Å². The van der Waals surface area contributed by atoms with E-state index in [0.717, 1.165) is 6.42 Å². The fourth-order valence-corrected chi connectivity index (χ4v) is 2.89. The molecule has 1 aromatic carbocycles. The van der Waals surface area contributed by atoms with Crippen molar-refractivity contribution < 1.29 is 0 Å². The van der Waals surface area contributed by atoms with Crippen molar-refractivity contribution in [1.29, 1.82) is 0 Å². The first-order valence-corrected chi connectivity index (χ1v) is 6.74. The number of fused-ring (bicyclic) bond motifs is 1. The van der Waals surface area contributed by atoms with Gasteiger partial charge in [0.15, 0.2) is 0 Å². The van der Waals surface area contributed by atoms with Crippen LogP contribution in [0.15, 0.2) is 36.7 Å². The van der Waals surface area contributed by atoms with Crippen molar-refractivity contribution in [3.05, 3.63) is 53.3 Å². The third-order valence-electron chi connectivity index (χ3n) is 3.94. The first-order valence-electron chi connectivity index (χ1n) is 6.74. The van der Waals surface area contributed by atoms with Crippen molar-refractivity contribution in [3.63, 3.8) is 0 Å². The van der Waals surface area contributed by atoms with Crippen LogP contribution in [0.3, 0.4) is 0 Å². The molecule has 2 aromatic rings. The zero-order valence-corrected chi connectivity index (χ0v) is 11.4. The molecule has 3 rings (SSSR count). The van der Waals surface area contributed by atoms with Gasteiger partial charge in [0, 0.05) is 36.9 Å². The molecule has 1 aromatic heterocycles. The molecule has 3 N–H and O–H groups in total. The predicted octanol–water partition coefficient (Wildman–Crippen LogP) is 2.22. The van der Waals surface area contributed by atoms with Crippen LogP contribution in [0.1, 0.15) is 48.2 Å². The van der Waals surface area contributed by atoms with Crippen LogP contribution in [0.5, 0.6) is 0 Å². The molecular formula is C15H20N4. The Labute approximate surface area is 113 Å². The number of nitrogens with two attached hydrogens (primary N) is 1. The molecule has 0 radical (unpaired) electrons. The van der Waals surface area contributed by atoms with E-state index in [4.69, 9.17) is 5.73 Å². The van der Waals surface area contributed by atoms with Crippen LogP contribution in [-0.2, 0) is 7.05 Å². The zero-order chi connectivity index (χ0) is 13.4. The van der Waals surface area contributed by atoms with Crippen molar-refractivity contribution >= 4 is 0 Å². The van der Waals surface area contributed by atoms with E-state index in [-0.39, 0.29) is 12.1 Å². The monoisotopic (exact) mass is 256 g/mol. The first kappa shape index (κ1) is 12.4. The van der Waals surface area contributed by atoms with Gasteiger partial charge < -0.3 is 11.1 Å². The van der Waals surface area contributed by atoms with Gasteiger partial charge >= 0.3 is 0 Å². The van der Waals surface area contributed by atoms with Crippen LogP contribution in [-0.4, -0.2) is 9.78 Å². The predicted molar refractivity (Wildman–Crippen MR) is 75.5 cm³/mol. The van der Waals surface area contributed by atoms with Gasteiger partial charge in [0.05, 0.1) is 6.20 Å². The zero-order valence-electron chi connectivity index (χ0n) is 11.4. The Kier molecular flexibility index (Phi) is 3.12. The molecule has 0 fully saturated rings. The van der Waals surface area contributed by atoms with E-state index in [2.05, 4.69) is 47.8 Å². The molecule has 0 saturated heterocycles. The van der Waals surface area contributed by atoms with Gasteiger partial charge in [-0.25, -0.2) is 0 Å². The van der Waals surface area contributed by atoms with E-state index in [1.165, 1.54) is 16.7 Å². The first-order chi connectivity index (χ1) is 9.15. The summed E-state index contributed by atoms with van der Waals surface area (Å²) in [5.74, 6) is 0. The number of nitrogens with zero attached hydrogens (tertiary/aromatic N) is 2. The van der Waals surface area contributed by atoms with Gasteiger partial charge in [-0.05, 0) is 24.5 Å². The van der Waals surface area contributed by atoms with Crippen molar-refractivity contribution in [2.45, 2.75) is 31.5 Å². The molecule has 19 heavy (non-hydrogen) atoms. The fourth-order valence-electron chi connectivity index (χ4n) is 2.89. The number of aryl methyl sites for hydroxylation is 1. The Morgan fingerprint density at radius 2 is 2.11 bits per heavy atom. The summed E-state index contributed by atoms with van der Waals surface area (Å²) in [6.45, 7) is 2.17. The van der Waals surface area contributed by atoms with Gasteiger partial charge in [-0.1, -0.05) is 24.3 Å². The lowest BCUT2D eigenvalue weighted by Crippen LogP contribution is -2.23. The molecule has 4 nitrogen and oxygen atoms in total. The van der Waals surface area contributed by atoms with Crippen molar-refractivity contribution in [2.24, 2.45) is 12.8 Å². The lowest BCUT2D eigenvalue weighted by atomic mass is 10.1. The highest BCUT2D eigenvalue weighted by Crippen LogP contribution is 2.38. The minimum Gasteiger partial charge on any atom is -0.324 e. The molecule has 0 aliphatic heterocycles. The number of benzene rings is 1. The highest BCUT2D eigenvalue weighted by Gasteiger charge is 2.29. The summed E-state index contributed by atoms with van der Waals surface area (Å²) in [7, 11) is 1.94. The summed E-state index contributed by atoms with van der Waals surface area (Å²) in [6, 6.07) is 9.21. The van der Waals surface area contributed by atoms with E-state index in [1.54, 1.807) is 0 Å². The van der Waals surface area contributed by atoms with E-state index in [0.29, 0.717) is 6.04 Å². The normalized spacial score (nSPS) is 23.3. The lowest BCUT2D eigenvalue weighted by Gasteiger charge is -2.19. The Morgan fingerprint density at radius 1 is 1.37 bits per heavy atom. The molecule has 3 atom stereocenters. The molecular weight excluding hydrogens is 236 g/mol. The third kappa shape index (κ3) is 2.29. The van der Waals surface area contributed by atoms with E-state index < -0.39 is 0 Å². The van der Waals surface area contributed by atoms with Crippen LogP contribution >= 0.6 is 0 Å². The Morgan fingerprint density at radius 3 is 2.79 bits per heavy atom. The smallest absolute Gasteiger partial charge is 0.0537 e. The van der Waals surface area contributed by atoms with Crippen molar-refractivity contribution in [2.75, 3.05) is 0 Å². The number of hydrogen-bond donors (Lipinski definition) is 2. The molecule has 0 saturated carbocycles. The molecule has 100 valence electrons. The second kappa shape index (κ2) is 4.79. The van der Waals surface area contributed by atoms with Gasteiger partial charge in [-0.15, -0.1) is 0 Å². The summed E-state index contributed by atoms with van der Waals surface area (Å²) in [5.41, 5.74) is 10.0. The van der Waals surface area contributed by atoms with E-state index in [9.17, 15) is 0 Å². The summed E-state index contributed by atoms with van der Waals surface area (Å²) in [4.78, 5) is 0. The molecule has 4 heteroatoms. The number of hydrogen-bond acceptors (Lipinski definition) is 3. The molecule has 1 heterocycles. The van der Waals surface area contributed by atoms with Gasteiger partial charge in [-0.3, -0.25) is 4.68 Å². The summed E-state index contributed by atoms with van der Waals surface area (Å²) in [5, 5.41) is 7.89. The number of rotatable bonds is 3. The molecule has 0 amide bonds. The minimum absolute atomic E-state index is 0.148. The average molecular weight is 256 g/mol. The Bertz CT molecular complexity index is 575. The van der Waals surface area contributed by atoms with Crippen LogP contribution in [0, 0.1) is 0 Å². The summed E-state index contributed by atoms with van der Waals surface area (Å²) < 4.78 is 1.84. The van der Waals surface area contributed by atoms with Crippen LogP contribution in [0.4, 0.5) is 0 Å². The van der Waals surface area contributed by atoms with Gasteiger partial charge in [0.2, 0.25) is 0 Å². The van der Waals surface area contributed by atoms with Gasteiger partial charge in [0.25, 0.3) is 0 Å². The highest BCUT2D eigenvalue weighted by atomic mass is 15.2. The second-order valence-electron chi connectivity index (χ2n) is 5.36. The van der Waals surface area contributed by atoms with Crippen LogP contribution < -0.4 is 11.1 Å². The quantitative estimate of drug-likeness (QED) is 0.885. The maximum absolute atomic E-state index is 6.20. The van der Waals surface area contributed by atoms with Gasteiger partial charge in [-0.2, -0.15) is 5.10 Å². The van der Waals surface area contributed by atoms with Crippen LogP contribution in [0.25, 0.3) is 0 Å². The highest BCUT2D eigenvalue weighted by molar-refractivity contribution is 5.37. The minimum atomic E-state index is 0.148. The maximum atomic E-state index is 6.20. The Hall–Kier alpha value is -1.65. The van der Waals surface area contributed by atoms with Crippen LogP contribution in [0.2, 0.25) is 0 Å². The summed E-state index contributed by atoms with van der Waals surface area (Å²) >= 11 is 0. The van der Waals surface area contributed by atoms with E-state index >= 15 is 0 Å². The summed E-state index contributed by atoms with van der Waals surface area (Å²) in [6.07, 6.45) is 4.93. The van der Waals surface area contributed by atoms with Crippen molar-refractivity contribution in [3.8, 4) is 0 Å². The van der Waals surface area contributed by atoms with Crippen molar-refractivity contribution in [1.82, 2.24) is 15.1 Å². The molecule has 0 bridgehead atoms. The second-order valence-corrected chi connectivity index (χ2v) is 5.36. The number of nitrogens with one attached hydrogen (secondary N) is 1. The lowest BCUT2D eigenvalue weighted by molar-refractivity contribution is 0.445. The average Bonchev–Trinajstić information content (AvgIpc) is 2.96. The molecule has 1 aliphatic rings. The number of aromatic nitrogens is 2. The Balaban J connectivity index is 1.78. The van der Waals surface area contributed by atoms with Gasteiger partial charge in [0.1, 0.15) is 0 Å². The molecule has 0 spiro atoms. The maximum Gasteiger partial charge on any atom is 0.0537 e. The largest absolute Gasteiger partial charge is 0.324 e. The fraction of sp³-hybridized carbons (Fsp3) is 0.400.